The van der Waals surface area contributed by atoms with Crippen LogP contribution in [-0.4, -0.2) is 45.3 Å². The molecule has 0 atom stereocenters. The first-order valence-corrected chi connectivity index (χ1v) is 12.7. The van der Waals surface area contributed by atoms with E-state index in [9.17, 15) is 14.9 Å². The van der Waals surface area contributed by atoms with E-state index in [-0.39, 0.29) is 18.4 Å². The Morgan fingerprint density at radius 2 is 1.76 bits per heavy atom. The fourth-order valence-corrected chi connectivity index (χ4v) is 5.88. The van der Waals surface area contributed by atoms with Gasteiger partial charge in [0.05, 0.1) is 17.8 Å². The molecule has 1 saturated heterocycles. The SMILES string of the molecule is N#Cc1ccc(-c2c(CN3C(=O)C4(CN(C(=O)C5(N)CC5)C4)c4ccccc43)ncc3ccccc23)cn1. The lowest BCUT2D eigenvalue weighted by Crippen LogP contribution is -2.67. The number of hydrogen-bond acceptors (Lipinski definition) is 6. The molecular weight excluding hydrogens is 476 g/mol. The number of benzene rings is 2. The Kier molecular flexibility index (Phi) is 4.72. The van der Waals surface area contributed by atoms with E-state index in [1.807, 2.05) is 60.8 Å². The minimum Gasteiger partial charge on any atom is -0.338 e. The van der Waals surface area contributed by atoms with Gasteiger partial charge in [-0.25, -0.2) is 4.98 Å². The highest BCUT2D eigenvalue weighted by atomic mass is 16.2. The molecule has 1 aliphatic carbocycles. The lowest BCUT2D eigenvalue weighted by molar-refractivity contribution is -0.146. The van der Waals surface area contributed by atoms with Crippen LogP contribution in [-0.2, 0) is 21.5 Å². The number of hydrogen-bond donors (Lipinski definition) is 1. The van der Waals surface area contributed by atoms with Crippen LogP contribution in [0.1, 0.15) is 29.8 Å². The normalized spacial score (nSPS) is 18.3. The molecule has 2 aromatic heterocycles. The monoisotopic (exact) mass is 500 g/mol. The highest BCUT2D eigenvalue weighted by Crippen LogP contribution is 2.49. The van der Waals surface area contributed by atoms with Crippen molar-refractivity contribution in [2.24, 2.45) is 5.73 Å². The summed E-state index contributed by atoms with van der Waals surface area (Å²) in [4.78, 5) is 39.5. The molecule has 8 heteroatoms. The number of nitrogens with two attached hydrogens (primary N) is 1. The number of carbonyl (C=O) groups excluding carboxylic acids is 2. The number of anilines is 1. The first-order valence-electron chi connectivity index (χ1n) is 12.7. The topological polar surface area (TPSA) is 116 Å². The van der Waals surface area contributed by atoms with Crippen molar-refractivity contribution < 1.29 is 9.59 Å². The number of fused-ring (bicyclic) bond motifs is 3. The van der Waals surface area contributed by atoms with Gasteiger partial charge >= 0.3 is 0 Å². The molecule has 38 heavy (non-hydrogen) atoms. The molecule has 2 aromatic carbocycles. The third kappa shape index (κ3) is 3.19. The van der Waals surface area contributed by atoms with Crippen LogP contribution in [0.25, 0.3) is 21.9 Å². The van der Waals surface area contributed by atoms with Gasteiger partial charge in [0, 0.05) is 47.7 Å². The van der Waals surface area contributed by atoms with Crippen molar-refractivity contribution in [3.05, 3.63) is 90.0 Å². The van der Waals surface area contributed by atoms with E-state index < -0.39 is 11.0 Å². The van der Waals surface area contributed by atoms with Crippen LogP contribution in [0.4, 0.5) is 5.69 Å². The van der Waals surface area contributed by atoms with E-state index in [0.717, 1.165) is 38.8 Å². The Morgan fingerprint density at radius 1 is 1.00 bits per heavy atom. The molecule has 2 N–H and O–H groups in total. The van der Waals surface area contributed by atoms with Crippen molar-refractivity contribution in [3.8, 4) is 17.2 Å². The summed E-state index contributed by atoms with van der Waals surface area (Å²) >= 11 is 0. The quantitative estimate of drug-likeness (QED) is 0.460. The average Bonchev–Trinajstić information content (AvgIpc) is 3.64. The van der Waals surface area contributed by atoms with E-state index in [1.54, 1.807) is 22.1 Å². The first-order chi connectivity index (χ1) is 18.4. The summed E-state index contributed by atoms with van der Waals surface area (Å²) in [6.45, 7) is 0.954. The molecule has 8 nitrogen and oxygen atoms in total. The van der Waals surface area contributed by atoms with Crippen LogP contribution >= 0.6 is 0 Å². The first kappa shape index (κ1) is 22.6. The van der Waals surface area contributed by atoms with Gasteiger partial charge in [0.25, 0.3) is 0 Å². The molecule has 0 bridgehead atoms. The van der Waals surface area contributed by atoms with Gasteiger partial charge in [0.2, 0.25) is 11.8 Å². The third-order valence-electron chi connectivity index (χ3n) is 8.14. The summed E-state index contributed by atoms with van der Waals surface area (Å²) in [5.74, 6) is -0.0814. The molecule has 1 saturated carbocycles. The molecule has 4 aromatic rings. The standard InChI is InChI=1S/C30H24N6O2/c31-13-21-10-9-20(15-33-21)26-22-6-2-1-5-19(22)14-34-24(26)16-36-25-8-4-3-7-23(25)29(27(36)37)17-35(18-29)28(38)30(32)11-12-30/h1-10,14-15H,11-12,16-18,32H2. The fourth-order valence-electron chi connectivity index (χ4n) is 5.88. The lowest BCUT2D eigenvalue weighted by atomic mass is 9.74. The fraction of sp³-hybridized carbons (Fsp3) is 0.233. The van der Waals surface area contributed by atoms with E-state index >= 15 is 0 Å². The van der Waals surface area contributed by atoms with Gasteiger partial charge in [0.15, 0.2) is 0 Å². The Morgan fingerprint density at radius 3 is 2.50 bits per heavy atom. The predicted octanol–water partition coefficient (Wildman–Crippen LogP) is 3.29. The van der Waals surface area contributed by atoms with Gasteiger partial charge in [-0.05, 0) is 42.0 Å². The molecule has 4 heterocycles. The van der Waals surface area contributed by atoms with E-state index in [2.05, 4.69) is 11.1 Å². The van der Waals surface area contributed by atoms with Crippen LogP contribution < -0.4 is 10.6 Å². The average molecular weight is 501 g/mol. The summed E-state index contributed by atoms with van der Waals surface area (Å²) in [5.41, 5.74) is 9.23. The van der Waals surface area contributed by atoms with E-state index in [4.69, 9.17) is 10.7 Å². The minimum absolute atomic E-state index is 0.0246. The van der Waals surface area contributed by atoms with Crippen LogP contribution in [0.2, 0.25) is 0 Å². The number of pyridine rings is 2. The zero-order valence-corrected chi connectivity index (χ0v) is 20.6. The molecule has 186 valence electrons. The summed E-state index contributed by atoms with van der Waals surface area (Å²) in [7, 11) is 0. The summed E-state index contributed by atoms with van der Waals surface area (Å²) in [6, 6.07) is 21.4. The van der Waals surface area contributed by atoms with Crippen LogP contribution in [0.5, 0.6) is 0 Å². The summed E-state index contributed by atoms with van der Waals surface area (Å²) in [6.07, 6.45) is 4.91. The van der Waals surface area contributed by atoms with Gasteiger partial charge < -0.3 is 15.5 Å². The van der Waals surface area contributed by atoms with Crippen LogP contribution in [0, 0.1) is 11.3 Å². The Hall–Kier alpha value is -4.61. The number of aromatic nitrogens is 2. The van der Waals surface area contributed by atoms with Crippen molar-refractivity contribution in [3.63, 3.8) is 0 Å². The molecule has 7 rings (SSSR count). The molecule has 1 spiro atoms. The molecule has 2 fully saturated rings. The highest BCUT2D eigenvalue weighted by Gasteiger charge is 2.62. The number of carbonyl (C=O) groups is 2. The smallest absolute Gasteiger partial charge is 0.242 e. The number of amides is 2. The Bertz CT molecular complexity index is 1680. The molecule has 2 amide bonds. The van der Waals surface area contributed by atoms with Crippen LogP contribution in [0.15, 0.2) is 73.1 Å². The maximum atomic E-state index is 14.1. The van der Waals surface area contributed by atoms with Crippen molar-refractivity contribution >= 4 is 28.3 Å². The van der Waals surface area contributed by atoms with Gasteiger partial charge in [-0.1, -0.05) is 42.5 Å². The summed E-state index contributed by atoms with van der Waals surface area (Å²) in [5, 5.41) is 11.2. The zero-order valence-electron chi connectivity index (χ0n) is 20.6. The van der Waals surface area contributed by atoms with Gasteiger partial charge in [-0.15, -0.1) is 0 Å². The number of nitriles is 1. The molecule has 0 radical (unpaired) electrons. The van der Waals surface area contributed by atoms with Gasteiger partial charge in [0.1, 0.15) is 17.2 Å². The largest absolute Gasteiger partial charge is 0.338 e. The number of likely N-dealkylation sites (tertiary alicyclic amines) is 1. The van der Waals surface area contributed by atoms with Gasteiger partial charge in [-0.3, -0.25) is 14.6 Å². The maximum absolute atomic E-state index is 14.1. The van der Waals surface area contributed by atoms with Gasteiger partial charge in [-0.2, -0.15) is 5.26 Å². The molecular formula is C30H24N6O2. The summed E-state index contributed by atoms with van der Waals surface area (Å²) < 4.78 is 0. The number of rotatable bonds is 4. The lowest BCUT2D eigenvalue weighted by Gasteiger charge is -2.47. The number of nitrogens with zero attached hydrogens (tertiary/aromatic N) is 5. The van der Waals surface area contributed by atoms with Crippen molar-refractivity contribution in [1.29, 1.82) is 5.26 Å². The molecule has 0 unspecified atom stereocenters. The Balaban J connectivity index is 1.28. The van der Waals surface area contributed by atoms with Crippen LogP contribution in [0.3, 0.4) is 0 Å². The second kappa shape index (κ2) is 7.94. The number of para-hydroxylation sites is 1. The van der Waals surface area contributed by atoms with Crippen molar-refractivity contribution in [1.82, 2.24) is 14.9 Å². The molecule has 2 aliphatic heterocycles. The Labute approximate surface area is 219 Å². The zero-order chi connectivity index (χ0) is 26.1. The second-order valence-electron chi connectivity index (χ2n) is 10.5. The second-order valence-corrected chi connectivity index (χ2v) is 10.5. The highest BCUT2D eigenvalue weighted by molar-refractivity contribution is 6.10. The van der Waals surface area contributed by atoms with Crippen molar-refractivity contribution in [2.75, 3.05) is 18.0 Å². The van der Waals surface area contributed by atoms with E-state index in [0.29, 0.717) is 31.6 Å². The maximum Gasteiger partial charge on any atom is 0.242 e. The third-order valence-corrected chi connectivity index (χ3v) is 8.14. The minimum atomic E-state index is -0.759. The van der Waals surface area contributed by atoms with Crippen molar-refractivity contribution in [2.45, 2.75) is 30.3 Å². The molecule has 3 aliphatic rings. The van der Waals surface area contributed by atoms with E-state index in [1.165, 1.54) is 0 Å². The predicted molar refractivity (Wildman–Crippen MR) is 142 cm³/mol.